The van der Waals surface area contributed by atoms with Gasteiger partial charge in [-0.1, -0.05) is 0 Å². The van der Waals surface area contributed by atoms with Crippen LogP contribution in [0.15, 0.2) is 0 Å². The second-order valence-corrected chi connectivity index (χ2v) is 7.08. The lowest BCUT2D eigenvalue weighted by Gasteiger charge is -2.45. The van der Waals surface area contributed by atoms with Crippen molar-refractivity contribution in [3.8, 4) is 0 Å². The maximum atomic E-state index is 10.9. The summed E-state index contributed by atoms with van der Waals surface area (Å²) in [5.74, 6) is 0. The van der Waals surface area contributed by atoms with E-state index in [9.17, 15) is 39.1 Å². The molecule has 2 rings (SSSR count). The third-order valence-electron chi connectivity index (χ3n) is 4.17. The molecule has 0 radical (unpaired) electrons. The van der Waals surface area contributed by atoms with Crippen molar-refractivity contribution >= 4 is 10.4 Å². The van der Waals surface area contributed by atoms with E-state index >= 15 is 0 Å². The van der Waals surface area contributed by atoms with Crippen LogP contribution in [0.3, 0.4) is 0 Å². The third kappa shape index (κ3) is 5.10. The van der Waals surface area contributed by atoms with E-state index in [1.807, 2.05) is 0 Å². The molecule has 0 spiro atoms. The lowest BCUT2D eigenvalue weighted by atomic mass is 9.98. The van der Waals surface area contributed by atoms with Crippen LogP contribution in [0.2, 0.25) is 0 Å². The molecule has 0 amide bonds. The predicted molar refractivity (Wildman–Crippen MR) is 79.0 cm³/mol. The van der Waals surface area contributed by atoms with Crippen LogP contribution in [0.5, 0.6) is 0 Å². The van der Waals surface area contributed by atoms with E-state index in [0.29, 0.717) is 0 Å². The van der Waals surface area contributed by atoms with Crippen LogP contribution in [0, 0.1) is 0 Å². The Bertz CT molecular complexity index is 583. The molecule has 160 valence electrons. The van der Waals surface area contributed by atoms with Gasteiger partial charge in [-0.2, -0.15) is 8.42 Å². The van der Waals surface area contributed by atoms with Crippen molar-refractivity contribution in [2.45, 2.75) is 61.4 Å². The van der Waals surface area contributed by atoms with E-state index in [-0.39, 0.29) is 0 Å². The summed E-state index contributed by atoms with van der Waals surface area (Å²) in [5.41, 5.74) is 0. The van der Waals surface area contributed by atoms with Crippen molar-refractivity contribution in [3.05, 3.63) is 0 Å². The number of hydrogen-bond acceptors (Lipinski definition) is 13. The number of aliphatic hydroxyl groups is 7. The van der Waals surface area contributed by atoms with Crippen molar-refractivity contribution in [1.82, 2.24) is 0 Å². The molecule has 2 saturated heterocycles. The minimum atomic E-state index is -5.12. The maximum Gasteiger partial charge on any atom is 0.397 e. The summed E-state index contributed by atoms with van der Waals surface area (Å²) < 4.78 is 50.0. The zero-order valence-corrected chi connectivity index (χ0v) is 14.4. The molecule has 8 N–H and O–H groups in total. The van der Waals surface area contributed by atoms with E-state index in [0.717, 1.165) is 0 Å². The highest BCUT2D eigenvalue weighted by Gasteiger charge is 2.51. The fourth-order valence-electron chi connectivity index (χ4n) is 2.73. The first-order valence-electron chi connectivity index (χ1n) is 7.74. The Morgan fingerprint density at radius 3 is 1.70 bits per heavy atom. The molecule has 0 unspecified atom stereocenters. The average Bonchev–Trinajstić information content (AvgIpc) is 2.60. The molecule has 0 saturated carbocycles. The molecule has 0 aromatic heterocycles. The minimum Gasteiger partial charge on any atom is -0.394 e. The molecule has 15 heteroatoms. The molecule has 0 aromatic rings. The van der Waals surface area contributed by atoms with E-state index in [1.54, 1.807) is 0 Å². The van der Waals surface area contributed by atoms with Crippen LogP contribution in [-0.2, 0) is 28.8 Å². The standard InChI is InChI=1S/C12H22O14S/c13-1-3-5(15)7(17)8(18)11(23-3)25-12-9(19)10(26-27(20,21)22)6(16)4(2-14)24-12/h3-19H,1-2H2,(H,20,21,22)/t3-,4-,5-,6-,7+,8-,9-,10+,11-,12-/m1/s1. The van der Waals surface area contributed by atoms with Crippen molar-refractivity contribution in [2.75, 3.05) is 13.2 Å². The summed E-state index contributed by atoms with van der Waals surface area (Å²) >= 11 is 0. The van der Waals surface area contributed by atoms with Crippen LogP contribution in [0.1, 0.15) is 0 Å². The summed E-state index contributed by atoms with van der Waals surface area (Å²) in [6, 6.07) is 0. The van der Waals surface area contributed by atoms with Crippen LogP contribution < -0.4 is 0 Å². The first-order valence-corrected chi connectivity index (χ1v) is 9.10. The topological polar surface area (TPSA) is 233 Å². The molecule has 0 bridgehead atoms. The molecule has 2 aliphatic heterocycles. The van der Waals surface area contributed by atoms with Crippen molar-refractivity contribution < 1.29 is 67.1 Å². The Hall–Kier alpha value is -0.530. The fourth-order valence-corrected chi connectivity index (χ4v) is 3.24. The van der Waals surface area contributed by atoms with Gasteiger partial charge in [0.15, 0.2) is 12.6 Å². The van der Waals surface area contributed by atoms with Gasteiger partial charge in [0.05, 0.1) is 13.2 Å². The Labute approximate surface area is 153 Å². The van der Waals surface area contributed by atoms with Crippen molar-refractivity contribution in [1.29, 1.82) is 0 Å². The summed E-state index contributed by atoms with van der Waals surface area (Å²) in [6.07, 6.45) is -17.8. The van der Waals surface area contributed by atoms with Crippen LogP contribution in [0.25, 0.3) is 0 Å². The largest absolute Gasteiger partial charge is 0.397 e. The molecule has 2 heterocycles. The van der Waals surface area contributed by atoms with Gasteiger partial charge in [0.2, 0.25) is 0 Å². The average molecular weight is 422 g/mol. The van der Waals surface area contributed by atoms with E-state index in [1.165, 1.54) is 0 Å². The minimum absolute atomic E-state index is 0.759. The number of ether oxygens (including phenoxy) is 3. The first kappa shape index (κ1) is 22.8. The first-order chi connectivity index (χ1) is 12.5. The molecular formula is C12H22O14S. The van der Waals surface area contributed by atoms with Crippen molar-refractivity contribution in [2.24, 2.45) is 0 Å². The molecule has 2 fully saturated rings. The zero-order valence-electron chi connectivity index (χ0n) is 13.6. The van der Waals surface area contributed by atoms with Crippen LogP contribution in [-0.4, -0.2) is 123 Å². The summed E-state index contributed by atoms with van der Waals surface area (Å²) in [6.45, 7) is -1.63. The van der Waals surface area contributed by atoms with Gasteiger partial charge in [-0.15, -0.1) is 0 Å². The second kappa shape index (κ2) is 8.87. The summed E-state index contributed by atoms with van der Waals surface area (Å²) in [7, 11) is -5.12. The highest BCUT2D eigenvalue weighted by molar-refractivity contribution is 7.80. The van der Waals surface area contributed by atoms with Gasteiger partial charge in [-0.3, -0.25) is 4.55 Å². The number of hydrogen-bond donors (Lipinski definition) is 8. The van der Waals surface area contributed by atoms with E-state index in [2.05, 4.69) is 4.18 Å². The highest BCUT2D eigenvalue weighted by atomic mass is 32.3. The molecule has 14 nitrogen and oxygen atoms in total. The van der Waals surface area contributed by atoms with Gasteiger partial charge in [-0.05, 0) is 0 Å². The smallest absolute Gasteiger partial charge is 0.394 e. The highest BCUT2D eigenvalue weighted by Crippen LogP contribution is 2.29. The van der Waals surface area contributed by atoms with Crippen LogP contribution >= 0.6 is 0 Å². The number of rotatable bonds is 6. The van der Waals surface area contributed by atoms with Crippen molar-refractivity contribution in [3.63, 3.8) is 0 Å². The SMILES string of the molecule is O=S(=O)(O)O[C@@H]1[C@@H](O)[C@@H](O[C@H]2O[C@H](CO)[C@@H](O)[C@H](O)[C@H]2O)O[C@H](CO)[C@H]1O. The van der Waals surface area contributed by atoms with E-state index in [4.69, 9.17) is 23.9 Å². The lowest BCUT2D eigenvalue weighted by Crippen LogP contribution is -2.64. The van der Waals surface area contributed by atoms with Gasteiger partial charge >= 0.3 is 10.4 Å². The number of aliphatic hydroxyl groups excluding tert-OH is 7. The normalized spacial score (nSPS) is 46.4. The summed E-state index contributed by atoms with van der Waals surface area (Å²) in [5, 5.41) is 67.7. The monoisotopic (exact) mass is 422 g/mol. The van der Waals surface area contributed by atoms with Gasteiger partial charge in [-0.25, -0.2) is 4.18 Å². The quantitative estimate of drug-likeness (QED) is 0.186. The Morgan fingerprint density at radius 1 is 0.741 bits per heavy atom. The van der Waals surface area contributed by atoms with Gasteiger partial charge < -0.3 is 50.0 Å². The van der Waals surface area contributed by atoms with Gasteiger partial charge in [0.25, 0.3) is 0 Å². The molecule has 27 heavy (non-hydrogen) atoms. The third-order valence-corrected chi connectivity index (χ3v) is 4.64. The molecule has 2 aliphatic rings. The van der Waals surface area contributed by atoms with Gasteiger partial charge in [0, 0.05) is 0 Å². The maximum absolute atomic E-state index is 10.9. The molecular weight excluding hydrogens is 400 g/mol. The predicted octanol–water partition coefficient (Wildman–Crippen LogP) is -5.57. The molecule has 10 atom stereocenters. The lowest BCUT2D eigenvalue weighted by molar-refractivity contribution is -0.375. The Balaban J connectivity index is 2.18. The fraction of sp³-hybridized carbons (Fsp3) is 1.00. The molecule has 0 aliphatic carbocycles. The van der Waals surface area contributed by atoms with E-state index < -0.39 is 85.0 Å². The van der Waals surface area contributed by atoms with Crippen LogP contribution in [0.4, 0.5) is 0 Å². The van der Waals surface area contributed by atoms with Gasteiger partial charge in [0.1, 0.15) is 48.8 Å². The second-order valence-electron chi connectivity index (χ2n) is 6.03. The molecule has 0 aromatic carbocycles. The summed E-state index contributed by atoms with van der Waals surface area (Å²) in [4.78, 5) is 0. The Kier molecular flexibility index (Phi) is 7.47. The zero-order chi connectivity index (χ0) is 20.5. The Morgan fingerprint density at radius 2 is 1.22 bits per heavy atom.